The van der Waals surface area contributed by atoms with Gasteiger partial charge in [-0.25, -0.2) is 18.2 Å². The van der Waals surface area contributed by atoms with Crippen molar-refractivity contribution in [2.24, 2.45) is 23.7 Å². The van der Waals surface area contributed by atoms with E-state index < -0.39 is 35.2 Å². The number of amides is 1. The van der Waals surface area contributed by atoms with E-state index in [9.17, 15) is 22.8 Å². The van der Waals surface area contributed by atoms with Gasteiger partial charge in [0.2, 0.25) is 5.43 Å². The van der Waals surface area contributed by atoms with Crippen LogP contribution in [-0.4, -0.2) is 34.2 Å². The molecule has 2 bridgehead atoms. The van der Waals surface area contributed by atoms with E-state index >= 15 is 0 Å². The highest BCUT2D eigenvalue weighted by molar-refractivity contribution is 5.97. The second-order valence-corrected chi connectivity index (χ2v) is 11.2. The van der Waals surface area contributed by atoms with Crippen LogP contribution in [0.4, 0.5) is 19.0 Å². The summed E-state index contributed by atoms with van der Waals surface area (Å²) in [6.07, 6.45) is 6.68. The van der Waals surface area contributed by atoms with Crippen LogP contribution in [0.15, 0.2) is 41.3 Å². The normalized spacial score (nSPS) is 28.0. The molecule has 2 aromatic heterocycles. The number of rotatable bonds is 6. The van der Waals surface area contributed by atoms with Crippen molar-refractivity contribution in [2.45, 2.75) is 44.6 Å². The predicted molar refractivity (Wildman–Crippen MR) is 135 cm³/mol. The highest BCUT2D eigenvalue weighted by Gasteiger charge is 2.53. The SMILES string of the molecule is CC1(NC(=O)c2cn(-c3ccc(F)cc3F)c3nc(NCCF)ccc3c2=O)CC2CC3C[C@@H](CC32)C1. The van der Waals surface area contributed by atoms with E-state index in [4.69, 9.17) is 0 Å². The molecule has 3 aromatic rings. The van der Waals surface area contributed by atoms with Crippen molar-refractivity contribution < 1.29 is 18.0 Å². The quantitative estimate of drug-likeness (QED) is 0.490. The summed E-state index contributed by atoms with van der Waals surface area (Å²) in [6, 6.07) is 6.07. The first-order chi connectivity index (χ1) is 17.7. The first-order valence-electron chi connectivity index (χ1n) is 12.9. The van der Waals surface area contributed by atoms with Crippen LogP contribution in [0.2, 0.25) is 0 Å². The molecule has 4 unspecified atom stereocenters. The summed E-state index contributed by atoms with van der Waals surface area (Å²) in [6.45, 7) is 1.44. The van der Waals surface area contributed by atoms with E-state index in [1.54, 1.807) is 0 Å². The number of anilines is 1. The molecular formula is C28H29F3N4O2. The summed E-state index contributed by atoms with van der Waals surface area (Å²) in [5.74, 6) is 0.928. The molecule has 6 nitrogen and oxygen atoms in total. The van der Waals surface area contributed by atoms with Crippen LogP contribution >= 0.6 is 0 Å². The van der Waals surface area contributed by atoms with E-state index in [0.29, 0.717) is 11.8 Å². The molecule has 0 spiro atoms. The van der Waals surface area contributed by atoms with Gasteiger partial charge in [0.15, 0.2) is 5.65 Å². The minimum absolute atomic E-state index is 0.0102. The third kappa shape index (κ3) is 4.18. The summed E-state index contributed by atoms with van der Waals surface area (Å²) in [7, 11) is 0. The molecule has 0 aliphatic heterocycles. The zero-order valence-electron chi connectivity index (χ0n) is 20.6. The molecule has 1 amide bonds. The molecule has 194 valence electrons. The van der Waals surface area contributed by atoms with Gasteiger partial charge in [-0.15, -0.1) is 0 Å². The molecule has 0 radical (unpaired) electrons. The number of benzene rings is 1. The number of carbonyl (C=O) groups excluding carboxylic acids is 1. The van der Waals surface area contributed by atoms with Gasteiger partial charge < -0.3 is 10.6 Å². The number of carbonyl (C=O) groups is 1. The lowest BCUT2D eigenvalue weighted by molar-refractivity contribution is 0.0570. The van der Waals surface area contributed by atoms with Gasteiger partial charge in [-0.05, 0) is 87.0 Å². The summed E-state index contributed by atoms with van der Waals surface area (Å²) >= 11 is 0. The van der Waals surface area contributed by atoms with Gasteiger partial charge in [0, 0.05) is 24.3 Å². The number of alkyl halides is 1. The lowest BCUT2D eigenvalue weighted by Crippen LogP contribution is -2.51. The maximum absolute atomic E-state index is 14.9. The van der Waals surface area contributed by atoms with Crippen molar-refractivity contribution in [3.8, 4) is 5.69 Å². The second-order valence-electron chi connectivity index (χ2n) is 11.2. The van der Waals surface area contributed by atoms with Gasteiger partial charge in [-0.3, -0.25) is 14.2 Å². The Morgan fingerprint density at radius 2 is 1.97 bits per heavy atom. The summed E-state index contributed by atoms with van der Waals surface area (Å²) in [4.78, 5) is 31.5. The van der Waals surface area contributed by atoms with E-state index in [1.165, 1.54) is 48.2 Å². The number of hydrogen-bond donors (Lipinski definition) is 2. The average Bonchev–Trinajstić information content (AvgIpc) is 3.11. The second kappa shape index (κ2) is 8.89. The molecule has 3 aliphatic carbocycles. The Morgan fingerprint density at radius 1 is 1.14 bits per heavy atom. The lowest BCUT2D eigenvalue weighted by Gasteiger charge is -2.46. The van der Waals surface area contributed by atoms with Gasteiger partial charge in [0.25, 0.3) is 5.91 Å². The Kier molecular flexibility index (Phi) is 5.76. The van der Waals surface area contributed by atoms with Crippen molar-refractivity contribution in [1.29, 1.82) is 0 Å². The smallest absolute Gasteiger partial charge is 0.257 e. The van der Waals surface area contributed by atoms with Crippen molar-refractivity contribution in [1.82, 2.24) is 14.9 Å². The number of pyridine rings is 2. The van der Waals surface area contributed by atoms with Crippen LogP contribution in [-0.2, 0) is 0 Å². The van der Waals surface area contributed by atoms with Gasteiger partial charge in [0.1, 0.15) is 29.7 Å². The zero-order chi connectivity index (χ0) is 25.9. The average molecular weight is 511 g/mol. The summed E-state index contributed by atoms with van der Waals surface area (Å²) < 4.78 is 42.5. The van der Waals surface area contributed by atoms with E-state index in [2.05, 4.69) is 22.5 Å². The maximum Gasteiger partial charge on any atom is 0.257 e. The molecule has 3 aliphatic rings. The Balaban J connectivity index is 1.42. The third-order valence-corrected chi connectivity index (χ3v) is 8.59. The number of nitrogens with zero attached hydrogens (tertiary/aromatic N) is 2. The van der Waals surface area contributed by atoms with Gasteiger partial charge in [-0.2, -0.15) is 0 Å². The highest BCUT2D eigenvalue weighted by atomic mass is 19.1. The van der Waals surface area contributed by atoms with Crippen LogP contribution in [0.5, 0.6) is 0 Å². The summed E-state index contributed by atoms with van der Waals surface area (Å²) in [5, 5.41) is 6.06. The Hall–Kier alpha value is -3.36. The Morgan fingerprint density at radius 3 is 2.76 bits per heavy atom. The highest BCUT2D eigenvalue weighted by Crippen LogP contribution is 2.60. The number of halogens is 3. The molecule has 37 heavy (non-hydrogen) atoms. The molecule has 3 saturated carbocycles. The molecule has 1 aromatic carbocycles. The maximum atomic E-state index is 14.9. The fraction of sp³-hybridized carbons (Fsp3) is 0.464. The minimum Gasteiger partial charge on any atom is -0.367 e. The minimum atomic E-state index is -0.869. The molecule has 9 heteroatoms. The van der Waals surface area contributed by atoms with Crippen molar-refractivity contribution in [3.05, 3.63) is 63.9 Å². The Bertz CT molecular complexity index is 1450. The third-order valence-electron chi connectivity index (χ3n) is 8.59. The largest absolute Gasteiger partial charge is 0.367 e. The van der Waals surface area contributed by atoms with Gasteiger partial charge >= 0.3 is 0 Å². The Labute approximate surface area is 212 Å². The lowest BCUT2D eigenvalue weighted by atomic mass is 9.62. The number of fused-ring (bicyclic) bond motifs is 2. The van der Waals surface area contributed by atoms with Crippen LogP contribution in [0.1, 0.15) is 49.4 Å². The molecule has 0 saturated heterocycles. The van der Waals surface area contributed by atoms with Crippen molar-refractivity contribution in [3.63, 3.8) is 0 Å². The molecule has 2 heterocycles. The van der Waals surface area contributed by atoms with E-state index in [-0.39, 0.29) is 34.6 Å². The van der Waals surface area contributed by atoms with E-state index in [1.807, 2.05) is 0 Å². The van der Waals surface area contributed by atoms with Crippen LogP contribution < -0.4 is 16.1 Å². The topological polar surface area (TPSA) is 76.0 Å². The van der Waals surface area contributed by atoms with Gasteiger partial charge in [0.05, 0.1) is 11.1 Å². The standard InChI is InChI=1S/C28H29F3N4O2/c1-28(12-15-8-16-10-17(13-28)20(16)9-15)34-27(37)21-14-35(23-4-2-18(30)11-22(23)31)26-19(25(21)36)3-5-24(33-26)32-7-6-29/h2-5,11,14-17,20H,6-10,12-13H2,1H3,(H,32,33)(H,34,37)/t15-,16?,17?,20?,28?/m0/s1. The van der Waals surface area contributed by atoms with Gasteiger partial charge in [-0.1, -0.05) is 0 Å². The number of nitrogens with one attached hydrogen (secondary N) is 2. The molecule has 5 atom stereocenters. The van der Waals surface area contributed by atoms with Crippen LogP contribution in [0.25, 0.3) is 16.7 Å². The molecular weight excluding hydrogens is 481 g/mol. The molecule has 6 rings (SSSR count). The zero-order valence-corrected chi connectivity index (χ0v) is 20.6. The first kappa shape index (κ1) is 24.0. The predicted octanol–water partition coefficient (Wildman–Crippen LogP) is 4.99. The van der Waals surface area contributed by atoms with Crippen molar-refractivity contribution in [2.75, 3.05) is 18.5 Å². The number of hydrogen-bond acceptors (Lipinski definition) is 4. The monoisotopic (exact) mass is 510 g/mol. The molecule has 2 N–H and O–H groups in total. The molecule has 3 fully saturated rings. The van der Waals surface area contributed by atoms with Crippen LogP contribution in [0.3, 0.4) is 0 Å². The fourth-order valence-electron chi connectivity index (χ4n) is 7.14. The fourth-order valence-corrected chi connectivity index (χ4v) is 7.14. The summed E-state index contributed by atoms with van der Waals surface area (Å²) in [5.41, 5.74) is -1.08. The first-order valence-corrected chi connectivity index (χ1v) is 12.9. The van der Waals surface area contributed by atoms with Crippen molar-refractivity contribution >= 4 is 22.8 Å². The number of aromatic nitrogens is 2. The van der Waals surface area contributed by atoms with E-state index in [0.717, 1.165) is 36.8 Å². The van der Waals surface area contributed by atoms with Crippen LogP contribution in [0, 0.1) is 35.3 Å².